The van der Waals surface area contributed by atoms with Crippen LogP contribution < -0.4 is 9.08 Å². The van der Waals surface area contributed by atoms with Crippen LogP contribution in [0.5, 0.6) is 5.75 Å². The molecule has 1 aliphatic rings. The topological polar surface area (TPSA) is 102 Å². The summed E-state index contributed by atoms with van der Waals surface area (Å²) in [5.41, 5.74) is 0. The Morgan fingerprint density at radius 2 is 1.84 bits per heavy atom. The lowest BCUT2D eigenvalue weighted by atomic mass is 10.3. The molecule has 0 aliphatic carbocycles. The average Bonchev–Trinajstić information content (AvgIpc) is 2.95. The second-order valence-corrected chi connectivity index (χ2v) is 7.84. The van der Waals surface area contributed by atoms with Gasteiger partial charge in [-0.2, -0.15) is 13.5 Å². The number of fused-ring (bicyclic) bond motifs is 1. The first-order valence-electron chi connectivity index (χ1n) is 6.86. The van der Waals surface area contributed by atoms with Gasteiger partial charge >= 0.3 is 16.2 Å². The minimum absolute atomic E-state index is 0.0834. The van der Waals surface area contributed by atoms with E-state index >= 15 is 0 Å². The minimum atomic E-state index is -4.44. The maximum Gasteiger partial charge on any atom is 0.413 e. The molecule has 0 unspecified atom stereocenters. The molecule has 1 aromatic heterocycles. The van der Waals surface area contributed by atoms with Crippen molar-refractivity contribution in [2.45, 2.75) is 17.9 Å². The van der Waals surface area contributed by atoms with Crippen molar-refractivity contribution in [3.05, 3.63) is 33.4 Å². The first-order valence-corrected chi connectivity index (χ1v) is 9.40. The summed E-state index contributed by atoms with van der Waals surface area (Å²) in [5.74, 6) is -0.384. The summed E-state index contributed by atoms with van der Waals surface area (Å²) in [6.45, 7) is 0.531. The predicted octanol–water partition coefficient (Wildman–Crippen LogP) is 3.50. The van der Waals surface area contributed by atoms with Crippen molar-refractivity contribution in [2.24, 2.45) is 0 Å². The number of hydrogen-bond acceptors (Lipinski definition) is 5. The molecule has 0 atom stereocenters. The van der Waals surface area contributed by atoms with Crippen LogP contribution in [0.15, 0.2) is 23.2 Å². The third-order valence-corrected chi connectivity index (χ3v) is 5.44. The third kappa shape index (κ3) is 3.37. The smallest absolute Gasteiger partial charge is 0.413 e. The molecule has 0 saturated carbocycles. The zero-order valence-electron chi connectivity index (χ0n) is 12.3. The molecule has 2 aromatic rings. The summed E-state index contributed by atoms with van der Waals surface area (Å²) in [4.78, 5) is 11.9. The lowest BCUT2D eigenvalue weighted by Crippen LogP contribution is -2.37. The third-order valence-electron chi connectivity index (χ3n) is 3.44. The highest BCUT2D eigenvalue weighted by molar-refractivity contribution is 7.87. The van der Waals surface area contributed by atoms with E-state index in [1.807, 2.05) is 0 Å². The van der Waals surface area contributed by atoms with Gasteiger partial charge in [0, 0.05) is 18.1 Å². The van der Waals surface area contributed by atoms with Gasteiger partial charge in [-0.3, -0.25) is 4.90 Å². The molecule has 3 rings (SSSR count). The fourth-order valence-corrected chi connectivity index (χ4v) is 4.50. The van der Waals surface area contributed by atoms with Crippen LogP contribution in [0.25, 0.3) is 0 Å². The number of amides is 1. The van der Waals surface area contributed by atoms with Crippen molar-refractivity contribution in [3.63, 3.8) is 0 Å². The number of aryl methyl sites for hydroxylation is 1. The number of nitrogens with zero attached hydrogens (tertiary/aromatic N) is 3. The quantitative estimate of drug-likeness (QED) is 0.754. The Hall–Kier alpha value is -1.68. The molecule has 134 valence electrons. The van der Waals surface area contributed by atoms with Crippen LogP contribution in [-0.2, 0) is 16.7 Å². The van der Waals surface area contributed by atoms with Gasteiger partial charge in [0.25, 0.3) is 0 Å². The van der Waals surface area contributed by atoms with Crippen molar-refractivity contribution in [3.8, 4) is 5.75 Å². The van der Waals surface area contributed by atoms with Gasteiger partial charge in [0.2, 0.25) is 0 Å². The van der Waals surface area contributed by atoms with Crippen LogP contribution in [-0.4, -0.2) is 35.9 Å². The minimum Gasteiger partial charge on any atom is -0.465 e. The van der Waals surface area contributed by atoms with Gasteiger partial charge in [-0.05, 0) is 18.6 Å². The van der Waals surface area contributed by atoms with Gasteiger partial charge < -0.3 is 9.29 Å². The number of halogens is 3. The largest absolute Gasteiger partial charge is 0.465 e. The van der Waals surface area contributed by atoms with Crippen LogP contribution in [0.1, 0.15) is 6.42 Å². The summed E-state index contributed by atoms with van der Waals surface area (Å²) in [5, 5.41) is 13.2. The van der Waals surface area contributed by atoms with E-state index in [1.54, 1.807) is 0 Å². The number of carboxylic acid groups (broad SMARTS) is 1. The van der Waals surface area contributed by atoms with Crippen LogP contribution in [0.4, 0.5) is 10.6 Å². The Morgan fingerprint density at radius 3 is 2.44 bits per heavy atom. The highest BCUT2D eigenvalue weighted by Gasteiger charge is 2.34. The van der Waals surface area contributed by atoms with Gasteiger partial charge in [0.05, 0.1) is 16.2 Å². The molecular weight excluding hydrogens is 417 g/mol. The molecule has 0 saturated heterocycles. The molecule has 25 heavy (non-hydrogen) atoms. The van der Waals surface area contributed by atoms with E-state index in [1.165, 1.54) is 16.8 Å². The monoisotopic (exact) mass is 425 g/mol. The Bertz CT molecular complexity index is 937. The molecule has 1 N–H and O–H groups in total. The molecule has 1 aliphatic heterocycles. The number of benzene rings is 1. The lowest BCUT2D eigenvalue weighted by Gasteiger charge is -2.25. The molecule has 1 amide bonds. The highest BCUT2D eigenvalue weighted by atomic mass is 35.5. The Labute approximate surface area is 157 Å². The summed E-state index contributed by atoms with van der Waals surface area (Å²) in [6, 6.07) is 2.55. The number of rotatable bonds is 3. The Balaban J connectivity index is 2.06. The number of hydrogen-bond donors (Lipinski definition) is 1. The lowest BCUT2D eigenvalue weighted by molar-refractivity contribution is 0.200. The maximum absolute atomic E-state index is 12.6. The van der Waals surface area contributed by atoms with Gasteiger partial charge in [0.1, 0.15) is 0 Å². The van der Waals surface area contributed by atoms with Crippen molar-refractivity contribution >= 4 is 56.8 Å². The molecular formula is C13H10Cl3N3O5S. The first-order chi connectivity index (χ1) is 11.7. The molecule has 0 spiro atoms. The molecule has 12 heteroatoms. The van der Waals surface area contributed by atoms with E-state index in [-0.39, 0.29) is 33.2 Å². The molecule has 1 aromatic carbocycles. The predicted molar refractivity (Wildman–Crippen MR) is 91.5 cm³/mol. The van der Waals surface area contributed by atoms with E-state index in [0.717, 1.165) is 11.1 Å². The fourth-order valence-electron chi connectivity index (χ4n) is 2.41. The number of carbonyl (C=O) groups is 1. The van der Waals surface area contributed by atoms with E-state index in [2.05, 4.69) is 5.10 Å². The SMILES string of the molecule is O=C(O)N1CCCn2ncc(S(=O)(=O)Oc3c(Cl)cc(Cl)cc3Cl)c21. The molecule has 0 fully saturated rings. The summed E-state index contributed by atoms with van der Waals surface area (Å²) in [6.07, 6.45) is 0.250. The Morgan fingerprint density at radius 1 is 1.20 bits per heavy atom. The normalized spacial score (nSPS) is 14.3. The molecule has 0 radical (unpaired) electrons. The number of aromatic nitrogens is 2. The van der Waals surface area contributed by atoms with Crippen LogP contribution in [0.2, 0.25) is 15.1 Å². The van der Waals surface area contributed by atoms with Crippen molar-refractivity contribution in [1.29, 1.82) is 0 Å². The van der Waals surface area contributed by atoms with Crippen molar-refractivity contribution in [1.82, 2.24) is 9.78 Å². The number of anilines is 1. The summed E-state index contributed by atoms with van der Waals surface area (Å²) < 4.78 is 31.6. The zero-order chi connectivity index (χ0) is 18.4. The van der Waals surface area contributed by atoms with Crippen LogP contribution in [0, 0.1) is 0 Å². The summed E-state index contributed by atoms with van der Waals surface area (Å²) >= 11 is 17.7. The van der Waals surface area contributed by atoms with Gasteiger partial charge in [0.15, 0.2) is 16.5 Å². The van der Waals surface area contributed by atoms with Gasteiger partial charge in [-0.1, -0.05) is 34.8 Å². The molecule has 0 bridgehead atoms. The maximum atomic E-state index is 12.6. The van der Waals surface area contributed by atoms with E-state index < -0.39 is 21.1 Å². The van der Waals surface area contributed by atoms with E-state index in [4.69, 9.17) is 39.0 Å². The second-order valence-electron chi connectivity index (χ2n) is 5.08. The van der Waals surface area contributed by atoms with E-state index in [0.29, 0.717) is 13.0 Å². The first kappa shape index (κ1) is 18.1. The fraction of sp³-hybridized carbons (Fsp3) is 0.231. The molecule has 8 nitrogen and oxygen atoms in total. The second kappa shape index (κ2) is 6.56. The van der Waals surface area contributed by atoms with Crippen molar-refractivity contribution < 1.29 is 22.5 Å². The highest BCUT2D eigenvalue weighted by Crippen LogP contribution is 2.39. The Kier molecular flexibility index (Phi) is 4.76. The molecule has 2 heterocycles. The van der Waals surface area contributed by atoms with Crippen LogP contribution in [0.3, 0.4) is 0 Å². The van der Waals surface area contributed by atoms with Gasteiger partial charge in [-0.15, -0.1) is 0 Å². The van der Waals surface area contributed by atoms with Gasteiger partial charge in [-0.25, -0.2) is 9.48 Å². The summed E-state index contributed by atoms with van der Waals surface area (Å²) in [7, 11) is -4.44. The van der Waals surface area contributed by atoms with Crippen LogP contribution >= 0.6 is 34.8 Å². The standard InChI is InChI=1S/C13H10Cl3N3O5S/c14-7-4-8(15)11(9(16)5-7)24-25(22,23)10-6-17-19-3-1-2-18(12(10)19)13(20)21/h4-6H,1-3H2,(H,20,21). The van der Waals surface area contributed by atoms with Crippen molar-refractivity contribution in [2.75, 3.05) is 11.4 Å². The van der Waals surface area contributed by atoms with E-state index in [9.17, 15) is 18.3 Å². The zero-order valence-corrected chi connectivity index (χ0v) is 15.4. The average molecular weight is 427 g/mol.